The van der Waals surface area contributed by atoms with E-state index in [9.17, 15) is 13.2 Å². The van der Waals surface area contributed by atoms with Gasteiger partial charge in [0.25, 0.3) is 0 Å². The number of sulfonamides is 1. The van der Waals surface area contributed by atoms with Gasteiger partial charge in [0.1, 0.15) is 0 Å². The fraction of sp³-hybridized carbons (Fsp3) is 0.533. The lowest BCUT2D eigenvalue weighted by Gasteiger charge is -2.23. The van der Waals surface area contributed by atoms with Gasteiger partial charge in [0.2, 0.25) is 10.0 Å². The summed E-state index contributed by atoms with van der Waals surface area (Å²) < 4.78 is 26.6. The molecule has 0 aromatic heterocycles. The van der Waals surface area contributed by atoms with Crippen molar-refractivity contribution in [1.82, 2.24) is 4.31 Å². The van der Waals surface area contributed by atoms with Gasteiger partial charge in [-0.2, -0.15) is 0 Å². The summed E-state index contributed by atoms with van der Waals surface area (Å²) in [5.41, 5.74) is 4.49. The van der Waals surface area contributed by atoms with Gasteiger partial charge in [-0.05, 0) is 62.4 Å². The smallest absolute Gasteiger partial charge is 0.304 e. The van der Waals surface area contributed by atoms with Gasteiger partial charge in [-0.3, -0.25) is 4.79 Å². The molecule has 0 aliphatic heterocycles. The highest BCUT2D eigenvalue weighted by Crippen LogP contribution is 2.31. The molecule has 118 valence electrons. The van der Waals surface area contributed by atoms with Crippen LogP contribution in [0.2, 0.25) is 0 Å². The third-order valence-corrected chi connectivity index (χ3v) is 6.37. The van der Waals surface area contributed by atoms with Crippen molar-refractivity contribution in [2.24, 2.45) is 0 Å². The second-order valence-electron chi connectivity index (χ2n) is 5.42. The van der Waals surface area contributed by atoms with Crippen molar-refractivity contribution in [3.8, 4) is 0 Å². The topological polar surface area (TPSA) is 74.7 Å². The highest BCUT2D eigenvalue weighted by Gasteiger charge is 2.27. The maximum Gasteiger partial charge on any atom is 0.304 e. The summed E-state index contributed by atoms with van der Waals surface area (Å²) in [5.74, 6) is -1.01. The first kappa shape index (κ1) is 17.7. The summed E-state index contributed by atoms with van der Waals surface area (Å²) >= 11 is 0. The molecular weight excluding hydrogens is 290 g/mol. The highest BCUT2D eigenvalue weighted by atomic mass is 32.2. The molecule has 0 atom stereocenters. The average Bonchev–Trinajstić information content (AvgIpc) is 2.40. The molecule has 0 radical (unpaired) electrons. The summed E-state index contributed by atoms with van der Waals surface area (Å²) in [7, 11) is -2.27. The molecule has 1 N–H and O–H groups in total. The minimum atomic E-state index is -3.69. The Hall–Kier alpha value is -1.40. The zero-order valence-corrected chi connectivity index (χ0v) is 14.3. The molecule has 1 aromatic carbocycles. The number of carboxylic acids is 1. The summed E-state index contributed by atoms with van der Waals surface area (Å²) in [4.78, 5) is 10.9. The first-order chi connectivity index (χ1) is 9.51. The maximum absolute atomic E-state index is 12.7. The Kier molecular flexibility index (Phi) is 5.17. The number of benzene rings is 1. The van der Waals surface area contributed by atoms with Crippen molar-refractivity contribution >= 4 is 16.0 Å². The predicted molar refractivity (Wildman–Crippen MR) is 82.2 cm³/mol. The third kappa shape index (κ3) is 3.27. The molecule has 1 rings (SSSR count). The molecule has 0 aliphatic carbocycles. The van der Waals surface area contributed by atoms with Gasteiger partial charge >= 0.3 is 5.97 Å². The molecule has 5 nitrogen and oxygen atoms in total. The maximum atomic E-state index is 12.7. The quantitative estimate of drug-likeness (QED) is 0.905. The largest absolute Gasteiger partial charge is 0.481 e. The standard InChI is InChI=1S/C15H23NO4S/c1-9-10(2)12(4)15(13(5)11(9)3)21(19,20)16(6)8-7-14(17)18/h7-8H2,1-6H3,(H,17,18). The van der Waals surface area contributed by atoms with E-state index in [0.29, 0.717) is 4.90 Å². The first-order valence-corrected chi connectivity index (χ1v) is 8.20. The van der Waals surface area contributed by atoms with Crippen molar-refractivity contribution in [3.05, 3.63) is 27.8 Å². The van der Waals surface area contributed by atoms with E-state index < -0.39 is 16.0 Å². The molecule has 0 bridgehead atoms. The molecule has 6 heteroatoms. The number of carbonyl (C=O) groups is 1. The zero-order chi connectivity index (χ0) is 16.5. The van der Waals surface area contributed by atoms with Gasteiger partial charge < -0.3 is 5.11 Å². The fourth-order valence-electron chi connectivity index (χ4n) is 2.38. The number of rotatable bonds is 5. The van der Waals surface area contributed by atoms with Crippen molar-refractivity contribution in [3.63, 3.8) is 0 Å². The van der Waals surface area contributed by atoms with E-state index in [-0.39, 0.29) is 13.0 Å². The summed E-state index contributed by atoms with van der Waals surface area (Å²) in [5, 5.41) is 8.71. The summed E-state index contributed by atoms with van der Waals surface area (Å²) in [6, 6.07) is 0. The van der Waals surface area contributed by atoms with Gasteiger partial charge in [0.15, 0.2) is 0 Å². The Morgan fingerprint density at radius 3 is 1.71 bits per heavy atom. The number of hydrogen-bond donors (Lipinski definition) is 1. The predicted octanol–water partition coefficient (Wildman–Crippen LogP) is 2.32. The molecule has 1 aromatic rings. The van der Waals surface area contributed by atoms with Crippen LogP contribution >= 0.6 is 0 Å². The Morgan fingerprint density at radius 1 is 0.952 bits per heavy atom. The molecule has 21 heavy (non-hydrogen) atoms. The summed E-state index contributed by atoms with van der Waals surface area (Å²) in [6.07, 6.45) is -0.211. The van der Waals surface area contributed by atoms with Crippen LogP contribution in [0, 0.1) is 34.6 Å². The van der Waals surface area contributed by atoms with Crippen LogP contribution in [0.3, 0.4) is 0 Å². The van der Waals surface area contributed by atoms with Crippen molar-refractivity contribution in [1.29, 1.82) is 0 Å². The van der Waals surface area contributed by atoms with Crippen LogP contribution in [0.1, 0.15) is 34.2 Å². The van der Waals surface area contributed by atoms with Crippen LogP contribution in [0.25, 0.3) is 0 Å². The van der Waals surface area contributed by atoms with Crippen LogP contribution < -0.4 is 0 Å². The molecule has 0 spiro atoms. The molecule has 0 aliphatic rings. The minimum absolute atomic E-state index is 0.0392. The number of nitrogens with zero attached hydrogens (tertiary/aromatic N) is 1. The van der Waals surface area contributed by atoms with Crippen LogP contribution in [-0.2, 0) is 14.8 Å². The van der Waals surface area contributed by atoms with Gasteiger partial charge in [-0.25, -0.2) is 12.7 Å². The van der Waals surface area contributed by atoms with E-state index in [1.54, 1.807) is 13.8 Å². The van der Waals surface area contributed by atoms with Gasteiger partial charge in [-0.1, -0.05) is 0 Å². The fourth-order valence-corrected chi connectivity index (χ4v) is 4.10. The van der Waals surface area contributed by atoms with Crippen LogP contribution in [-0.4, -0.2) is 37.4 Å². The number of aliphatic carboxylic acids is 1. The summed E-state index contributed by atoms with van der Waals surface area (Å²) in [6.45, 7) is 9.36. The normalized spacial score (nSPS) is 12.0. The Balaban J connectivity index is 3.42. The second-order valence-corrected chi connectivity index (χ2v) is 7.41. The molecule has 0 fully saturated rings. The van der Waals surface area contributed by atoms with Gasteiger partial charge in [0.05, 0.1) is 11.3 Å². The van der Waals surface area contributed by atoms with E-state index in [1.807, 2.05) is 20.8 Å². The average molecular weight is 313 g/mol. The van der Waals surface area contributed by atoms with Crippen molar-refractivity contribution in [2.75, 3.05) is 13.6 Å². The lowest BCUT2D eigenvalue weighted by atomic mass is 9.95. The first-order valence-electron chi connectivity index (χ1n) is 6.76. The molecular formula is C15H23NO4S. The van der Waals surface area contributed by atoms with E-state index in [1.165, 1.54) is 7.05 Å². The van der Waals surface area contributed by atoms with Crippen LogP contribution in [0.4, 0.5) is 0 Å². The second kappa shape index (κ2) is 6.15. The molecule has 0 unspecified atom stereocenters. The Morgan fingerprint density at radius 2 is 1.33 bits per heavy atom. The van der Waals surface area contributed by atoms with Gasteiger partial charge in [0, 0.05) is 13.6 Å². The van der Waals surface area contributed by atoms with Gasteiger partial charge in [-0.15, -0.1) is 0 Å². The van der Waals surface area contributed by atoms with E-state index in [4.69, 9.17) is 5.11 Å². The lowest BCUT2D eigenvalue weighted by Crippen LogP contribution is -2.30. The minimum Gasteiger partial charge on any atom is -0.481 e. The Bertz CT molecular complexity index is 648. The number of hydrogen-bond acceptors (Lipinski definition) is 3. The van der Waals surface area contributed by atoms with Crippen LogP contribution in [0.15, 0.2) is 4.90 Å². The SMILES string of the molecule is Cc1c(C)c(C)c(S(=O)(=O)N(C)CCC(=O)O)c(C)c1C. The zero-order valence-electron chi connectivity index (χ0n) is 13.4. The van der Waals surface area contributed by atoms with Crippen molar-refractivity contribution < 1.29 is 18.3 Å². The van der Waals surface area contributed by atoms with E-state index in [2.05, 4.69) is 0 Å². The lowest BCUT2D eigenvalue weighted by molar-refractivity contribution is -0.137. The molecule has 0 amide bonds. The molecule has 0 heterocycles. The number of carboxylic acid groups (broad SMARTS) is 1. The van der Waals surface area contributed by atoms with E-state index in [0.717, 1.165) is 32.1 Å². The molecule has 0 saturated carbocycles. The van der Waals surface area contributed by atoms with Crippen LogP contribution in [0.5, 0.6) is 0 Å². The third-order valence-electron chi connectivity index (χ3n) is 4.24. The van der Waals surface area contributed by atoms with Crippen molar-refractivity contribution in [2.45, 2.75) is 45.9 Å². The molecule has 0 saturated heterocycles. The van der Waals surface area contributed by atoms with E-state index >= 15 is 0 Å². The Labute approximate surface area is 126 Å². The highest BCUT2D eigenvalue weighted by molar-refractivity contribution is 7.89. The monoisotopic (exact) mass is 313 g/mol.